The van der Waals surface area contributed by atoms with Crippen LogP contribution in [0.25, 0.3) is 0 Å². The van der Waals surface area contributed by atoms with Crippen LogP contribution in [0.15, 0.2) is 24.3 Å². The van der Waals surface area contributed by atoms with Gasteiger partial charge >= 0.3 is 5.97 Å². The number of carboxylic acid groups (broad SMARTS) is 1. The van der Waals surface area contributed by atoms with Crippen molar-refractivity contribution in [3.8, 4) is 0 Å². The fourth-order valence-electron chi connectivity index (χ4n) is 2.29. The Labute approximate surface area is 136 Å². The van der Waals surface area contributed by atoms with E-state index >= 15 is 0 Å². The third-order valence-electron chi connectivity index (χ3n) is 3.49. The largest absolute Gasteiger partial charge is 0.480 e. The molecule has 0 heterocycles. The monoisotopic (exact) mass is 320 g/mol. The molecule has 1 unspecified atom stereocenters. The van der Waals surface area contributed by atoms with Crippen LogP contribution in [-0.4, -0.2) is 40.4 Å². The Morgan fingerprint density at radius 3 is 2.17 bits per heavy atom. The summed E-state index contributed by atoms with van der Waals surface area (Å²) in [7, 11) is 0. The molecule has 23 heavy (non-hydrogen) atoms. The molecular formula is C17H24N2O4. The lowest BCUT2D eigenvalue weighted by molar-refractivity contribution is -0.146. The van der Waals surface area contributed by atoms with E-state index < -0.39 is 12.0 Å². The first-order valence-electron chi connectivity index (χ1n) is 7.55. The minimum absolute atomic E-state index is 0.0219. The summed E-state index contributed by atoms with van der Waals surface area (Å²) in [5.41, 5.74) is 1.90. The van der Waals surface area contributed by atoms with Gasteiger partial charge in [0.25, 0.3) is 0 Å². The van der Waals surface area contributed by atoms with Crippen molar-refractivity contribution in [1.82, 2.24) is 10.2 Å². The normalized spacial score (nSPS) is 11.9. The molecular weight excluding hydrogens is 296 g/mol. The van der Waals surface area contributed by atoms with E-state index in [1.54, 1.807) is 13.8 Å². The smallest absolute Gasteiger partial charge is 0.323 e. The summed E-state index contributed by atoms with van der Waals surface area (Å²) in [5.74, 6) is -1.60. The van der Waals surface area contributed by atoms with E-state index in [1.165, 1.54) is 11.8 Å². The number of hydrogen-bond donors (Lipinski definition) is 2. The molecule has 0 aliphatic carbocycles. The number of hydrogen-bond acceptors (Lipinski definition) is 3. The lowest BCUT2D eigenvalue weighted by atomic mass is 10.0. The van der Waals surface area contributed by atoms with Gasteiger partial charge in [-0.3, -0.25) is 14.4 Å². The predicted octanol–water partition coefficient (Wildman–Crippen LogP) is 1.88. The van der Waals surface area contributed by atoms with Gasteiger partial charge in [-0.15, -0.1) is 0 Å². The number of rotatable bonds is 7. The van der Waals surface area contributed by atoms with E-state index in [-0.39, 0.29) is 30.8 Å². The Morgan fingerprint density at radius 1 is 1.17 bits per heavy atom. The number of carboxylic acids is 1. The molecule has 2 amide bonds. The van der Waals surface area contributed by atoms with Crippen LogP contribution in [-0.2, 0) is 14.4 Å². The number of nitrogens with zero attached hydrogens (tertiary/aromatic N) is 1. The SMILES string of the molecule is CC(=O)NC(CC(=O)N(CC(=O)O)C(C)C)c1ccc(C)cc1. The third-order valence-corrected chi connectivity index (χ3v) is 3.49. The number of benzene rings is 1. The van der Waals surface area contributed by atoms with Gasteiger partial charge in [0.05, 0.1) is 12.5 Å². The molecule has 2 N–H and O–H groups in total. The first kappa shape index (κ1) is 18.7. The van der Waals surface area contributed by atoms with Gasteiger partial charge < -0.3 is 15.3 Å². The zero-order chi connectivity index (χ0) is 17.6. The summed E-state index contributed by atoms with van der Waals surface area (Å²) in [6.45, 7) is 6.52. The number of aliphatic carboxylic acids is 1. The highest BCUT2D eigenvalue weighted by Crippen LogP contribution is 2.19. The molecule has 0 spiro atoms. The molecule has 1 rings (SSSR count). The minimum Gasteiger partial charge on any atom is -0.480 e. The second-order valence-corrected chi connectivity index (χ2v) is 5.88. The number of amides is 2. The van der Waals surface area contributed by atoms with Crippen molar-refractivity contribution in [3.63, 3.8) is 0 Å². The van der Waals surface area contributed by atoms with Crippen molar-refractivity contribution in [2.24, 2.45) is 0 Å². The zero-order valence-corrected chi connectivity index (χ0v) is 14.0. The summed E-state index contributed by atoms with van der Waals surface area (Å²) in [5, 5.41) is 11.7. The molecule has 0 aliphatic rings. The van der Waals surface area contributed by atoms with E-state index in [1.807, 2.05) is 31.2 Å². The lowest BCUT2D eigenvalue weighted by Crippen LogP contribution is -2.42. The van der Waals surface area contributed by atoms with Crippen molar-refractivity contribution in [1.29, 1.82) is 0 Å². The third kappa shape index (κ3) is 6.10. The van der Waals surface area contributed by atoms with Crippen molar-refractivity contribution >= 4 is 17.8 Å². The first-order chi connectivity index (χ1) is 10.7. The average molecular weight is 320 g/mol. The number of aryl methyl sites for hydroxylation is 1. The molecule has 1 atom stereocenters. The highest BCUT2D eigenvalue weighted by atomic mass is 16.4. The summed E-state index contributed by atoms with van der Waals surface area (Å²) in [6, 6.07) is 6.84. The minimum atomic E-state index is -1.06. The molecule has 0 bridgehead atoms. The molecule has 0 aromatic heterocycles. The second-order valence-electron chi connectivity index (χ2n) is 5.88. The van der Waals surface area contributed by atoms with E-state index in [4.69, 9.17) is 5.11 Å². The van der Waals surface area contributed by atoms with Gasteiger partial charge in [0.2, 0.25) is 11.8 Å². The lowest BCUT2D eigenvalue weighted by Gasteiger charge is -2.27. The van der Waals surface area contributed by atoms with Crippen molar-refractivity contribution in [3.05, 3.63) is 35.4 Å². The van der Waals surface area contributed by atoms with Crippen molar-refractivity contribution in [2.45, 2.75) is 46.2 Å². The number of carbonyl (C=O) groups excluding carboxylic acids is 2. The highest BCUT2D eigenvalue weighted by molar-refractivity contribution is 5.83. The van der Waals surface area contributed by atoms with E-state index in [0.717, 1.165) is 11.1 Å². The highest BCUT2D eigenvalue weighted by Gasteiger charge is 2.24. The molecule has 0 aliphatic heterocycles. The maximum Gasteiger partial charge on any atom is 0.323 e. The molecule has 1 aromatic carbocycles. The van der Waals surface area contributed by atoms with Crippen LogP contribution in [0.1, 0.15) is 44.4 Å². The summed E-state index contributed by atoms with van der Waals surface area (Å²) in [4.78, 5) is 36.1. The summed E-state index contributed by atoms with van der Waals surface area (Å²) < 4.78 is 0. The molecule has 1 aromatic rings. The Bertz CT molecular complexity index is 566. The van der Waals surface area contributed by atoms with Crippen LogP contribution in [0, 0.1) is 6.92 Å². The topological polar surface area (TPSA) is 86.7 Å². The molecule has 6 heteroatoms. The Morgan fingerprint density at radius 2 is 1.74 bits per heavy atom. The predicted molar refractivity (Wildman–Crippen MR) is 86.8 cm³/mol. The van der Waals surface area contributed by atoms with Gasteiger partial charge in [0.1, 0.15) is 6.54 Å². The molecule has 0 radical (unpaired) electrons. The summed E-state index contributed by atoms with van der Waals surface area (Å²) in [6.07, 6.45) is 0.0219. The van der Waals surface area contributed by atoms with E-state index in [0.29, 0.717) is 0 Å². The number of nitrogens with one attached hydrogen (secondary N) is 1. The van der Waals surface area contributed by atoms with Gasteiger partial charge in [0.15, 0.2) is 0 Å². The fraction of sp³-hybridized carbons (Fsp3) is 0.471. The van der Waals surface area contributed by atoms with Crippen LogP contribution in [0.4, 0.5) is 0 Å². The van der Waals surface area contributed by atoms with E-state index in [2.05, 4.69) is 5.32 Å². The Balaban J connectivity index is 2.95. The Kier molecular flexibility index (Phi) is 6.75. The molecule has 0 fully saturated rings. The Hall–Kier alpha value is -2.37. The van der Waals surface area contributed by atoms with E-state index in [9.17, 15) is 14.4 Å². The van der Waals surface area contributed by atoms with Crippen LogP contribution in [0.5, 0.6) is 0 Å². The van der Waals surface area contributed by atoms with Gasteiger partial charge in [-0.2, -0.15) is 0 Å². The van der Waals surface area contributed by atoms with Gasteiger partial charge in [-0.05, 0) is 26.3 Å². The molecule has 0 saturated carbocycles. The molecule has 126 valence electrons. The first-order valence-corrected chi connectivity index (χ1v) is 7.55. The van der Waals surface area contributed by atoms with Crippen LogP contribution in [0.3, 0.4) is 0 Å². The zero-order valence-electron chi connectivity index (χ0n) is 14.0. The van der Waals surface area contributed by atoms with Gasteiger partial charge in [-0.1, -0.05) is 29.8 Å². The quantitative estimate of drug-likeness (QED) is 0.803. The molecule has 6 nitrogen and oxygen atoms in total. The van der Waals surface area contributed by atoms with Gasteiger partial charge in [-0.25, -0.2) is 0 Å². The number of carbonyl (C=O) groups is 3. The standard InChI is InChI=1S/C17H24N2O4/c1-11(2)19(10-17(22)23)16(21)9-15(18-13(4)20)14-7-5-12(3)6-8-14/h5-8,11,15H,9-10H2,1-4H3,(H,18,20)(H,22,23). The summed E-state index contributed by atoms with van der Waals surface area (Å²) >= 11 is 0. The van der Waals surface area contributed by atoms with Crippen LogP contribution >= 0.6 is 0 Å². The average Bonchev–Trinajstić information content (AvgIpc) is 2.43. The van der Waals surface area contributed by atoms with Crippen molar-refractivity contribution in [2.75, 3.05) is 6.54 Å². The van der Waals surface area contributed by atoms with Gasteiger partial charge in [0, 0.05) is 13.0 Å². The van der Waals surface area contributed by atoms with Crippen molar-refractivity contribution < 1.29 is 19.5 Å². The maximum absolute atomic E-state index is 12.5. The maximum atomic E-state index is 12.5. The van der Waals surface area contributed by atoms with Crippen LogP contribution in [0.2, 0.25) is 0 Å². The second kappa shape index (κ2) is 8.31. The molecule has 0 saturated heterocycles. The fourth-order valence-corrected chi connectivity index (χ4v) is 2.29. The van der Waals surface area contributed by atoms with Crippen LogP contribution < -0.4 is 5.32 Å².